The molecule has 1 aromatic carbocycles. The molecule has 3 heteroatoms. The minimum absolute atomic E-state index is 0.0232. The van der Waals surface area contributed by atoms with E-state index in [1.807, 2.05) is 25.1 Å². The molecular weight excluding hydrogens is 250 g/mol. The summed E-state index contributed by atoms with van der Waals surface area (Å²) in [4.78, 5) is 13.9. The highest BCUT2D eigenvalue weighted by atomic mass is 16.3. The third-order valence-electron chi connectivity index (χ3n) is 3.82. The van der Waals surface area contributed by atoms with Gasteiger partial charge >= 0.3 is 0 Å². The van der Waals surface area contributed by atoms with Gasteiger partial charge in [-0.25, -0.2) is 0 Å². The van der Waals surface area contributed by atoms with Crippen molar-refractivity contribution in [1.29, 1.82) is 0 Å². The first kappa shape index (κ1) is 14.8. The molecular formula is C17H23NO2. The number of hydrogen-bond donors (Lipinski definition) is 1. The standard InChI is InChI=1S/C17H23NO2/c1-13-5-6-15(14(2)11-13)7-8-16(19)18-10-4-9-17(3,20)12-18/h5-8,11,20H,4,9-10,12H2,1-3H3/b8-7+. The minimum atomic E-state index is -0.748. The fourth-order valence-corrected chi connectivity index (χ4v) is 2.69. The summed E-state index contributed by atoms with van der Waals surface area (Å²) in [5.41, 5.74) is 2.70. The second-order valence-corrected chi connectivity index (χ2v) is 6.05. The van der Waals surface area contributed by atoms with E-state index in [9.17, 15) is 9.90 Å². The Labute approximate surface area is 120 Å². The number of aliphatic hydroxyl groups is 1. The number of aryl methyl sites for hydroxylation is 2. The lowest BCUT2D eigenvalue weighted by Gasteiger charge is -2.36. The zero-order valence-corrected chi connectivity index (χ0v) is 12.5. The molecule has 1 fully saturated rings. The molecule has 1 saturated heterocycles. The van der Waals surface area contributed by atoms with Gasteiger partial charge in [-0.1, -0.05) is 23.8 Å². The monoisotopic (exact) mass is 273 g/mol. The maximum absolute atomic E-state index is 12.2. The van der Waals surface area contributed by atoms with Crippen molar-refractivity contribution >= 4 is 12.0 Å². The summed E-state index contributed by atoms with van der Waals surface area (Å²) in [5, 5.41) is 10.0. The molecule has 0 spiro atoms. The maximum Gasteiger partial charge on any atom is 0.246 e. The lowest BCUT2D eigenvalue weighted by Crippen LogP contribution is -2.48. The Morgan fingerprint density at radius 1 is 1.40 bits per heavy atom. The first-order chi connectivity index (χ1) is 9.37. The molecule has 20 heavy (non-hydrogen) atoms. The summed E-state index contributed by atoms with van der Waals surface area (Å²) >= 11 is 0. The number of benzene rings is 1. The Balaban J connectivity index is 2.05. The Morgan fingerprint density at radius 2 is 2.15 bits per heavy atom. The Hall–Kier alpha value is -1.61. The molecule has 1 aliphatic rings. The molecule has 0 aromatic heterocycles. The maximum atomic E-state index is 12.2. The lowest BCUT2D eigenvalue weighted by atomic mass is 9.95. The van der Waals surface area contributed by atoms with Crippen LogP contribution in [0.15, 0.2) is 24.3 Å². The molecule has 2 rings (SSSR count). The molecule has 0 radical (unpaired) electrons. The Morgan fingerprint density at radius 3 is 2.80 bits per heavy atom. The zero-order chi connectivity index (χ0) is 14.8. The van der Waals surface area contributed by atoms with Crippen LogP contribution in [0.5, 0.6) is 0 Å². The van der Waals surface area contributed by atoms with E-state index in [2.05, 4.69) is 13.0 Å². The van der Waals surface area contributed by atoms with Gasteiger partial charge in [0.25, 0.3) is 0 Å². The van der Waals surface area contributed by atoms with Crippen LogP contribution in [0.4, 0.5) is 0 Å². The van der Waals surface area contributed by atoms with Crippen LogP contribution in [0.3, 0.4) is 0 Å². The van der Waals surface area contributed by atoms with Crippen LogP contribution in [0.2, 0.25) is 0 Å². The summed E-state index contributed by atoms with van der Waals surface area (Å²) in [6, 6.07) is 6.18. The number of rotatable bonds is 2. The number of likely N-dealkylation sites (tertiary alicyclic amines) is 1. The molecule has 0 aliphatic carbocycles. The van der Waals surface area contributed by atoms with Gasteiger partial charge in [0.1, 0.15) is 0 Å². The van der Waals surface area contributed by atoms with Crippen molar-refractivity contribution < 1.29 is 9.90 Å². The summed E-state index contributed by atoms with van der Waals surface area (Å²) in [6.07, 6.45) is 5.09. The van der Waals surface area contributed by atoms with Gasteiger partial charge < -0.3 is 10.0 Å². The van der Waals surface area contributed by atoms with Gasteiger partial charge in [0, 0.05) is 19.2 Å². The molecule has 1 N–H and O–H groups in total. The molecule has 1 amide bonds. The summed E-state index contributed by atoms with van der Waals surface area (Å²) in [5.74, 6) is -0.0232. The SMILES string of the molecule is Cc1ccc(/C=C/C(=O)N2CCCC(C)(O)C2)c(C)c1. The van der Waals surface area contributed by atoms with Crippen LogP contribution in [0.1, 0.15) is 36.5 Å². The van der Waals surface area contributed by atoms with Crippen molar-refractivity contribution in [2.45, 2.75) is 39.2 Å². The van der Waals surface area contributed by atoms with E-state index in [0.29, 0.717) is 6.54 Å². The summed E-state index contributed by atoms with van der Waals surface area (Å²) in [6.45, 7) is 7.04. The highest BCUT2D eigenvalue weighted by Crippen LogP contribution is 2.20. The van der Waals surface area contributed by atoms with Crippen LogP contribution < -0.4 is 0 Å². The quantitative estimate of drug-likeness (QED) is 0.842. The van der Waals surface area contributed by atoms with Crippen molar-refractivity contribution in [3.63, 3.8) is 0 Å². The van der Waals surface area contributed by atoms with Crippen molar-refractivity contribution in [3.8, 4) is 0 Å². The van der Waals surface area contributed by atoms with Crippen molar-refractivity contribution in [2.75, 3.05) is 13.1 Å². The first-order valence-corrected chi connectivity index (χ1v) is 7.14. The van der Waals surface area contributed by atoms with Crippen LogP contribution in [-0.2, 0) is 4.79 Å². The Bertz CT molecular complexity index is 532. The normalized spacial score (nSPS) is 23.3. The first-order valence-electron chi connectivity index (χ1n) is 7.14. The fourth-order valence-electron chi connectivity index (χ4n) is 2.69. The smallest absolute Gasteiger partial charge is 0.246 e. The van der Waals surface area contributed by atoms with E-state index in [1.165, 1.54) is 11.1 Å². The molecule has 1 atom stereocenters. The largest absolute Gasteiger partial charge is 0.388 e. The minimum Gasteiger partial charge on any atom is -0.388 e. The number of carbonyl (C=O) groups excluding carboxylic acids is 1. The molecule has 1 heterocycles. The van der Waals surface area contributed by atoms with Crippen LogP contribution in [-0.4, -0.2) is 34.6 Å². The second-order valence-electron chi connectivity index (χ2n) is 6.05. The van der Waals surface area contributed by atoms with Crippen LogP contribution in [0, 0.1) is 13.8 Å². The molecule has 1 aromatic rings. The predicted molar refractivity (Wildman–Crippen MR) is 81.4 cm³/mol. The highest BCUT2D eigenvalue weighted by molar-refractivity contribution is 5.92. The van der Waals surface area contributed by atoms with E-state index >= 15 is 0 Å². The topological polar surface area (TPSA) is 40.5 Å². The summed E-state index contributed by atoms with van der Waals surface area (Å²) in [7, 11) is 0. The zero-order valence-electron chi connectivity index (χ0n) is 12.5. The van der Waals surface area contributed by atoms with E-state index in [-0.39, 0.29) is 5.91 Å². The van der Waals surface area contributed by atoms with Gasteiger partial charge in [-0.05, 0) is 50.8 Å². The molecule has 108 valence electrons. The lowest BCUT2D eigenvalue weighted by molar-refractivity contribution is -0.132. The second kappa shape index (κ2) is 5.80. The van der Waals surface area contributed by atoms with Crippen molar-refractivity contribution in [1.82, 2.24) is 4.90 Å². The van der Waals surface area contributed by atoms with Gasteiger partial charge in [0.2, 0.25) is 5.91 Å². The van der Waals surface area contributed by atoms with Crippen molar-refractivity contribution in [3.05, 3.63) is 41.0 Å². The Kier molecular flexibility index (Phi) is 4.29. The van der Waals surface area contributed by atoms with E-state index in [1.54, 1.807) is 17.9 Å². The van der Waals surface area contributed by atoms with Gasteiger partial charge in [-0.3, -0.25) is 4.79 Å². The fraction of sp³-hybridized carbons (Fsp3) is 0.471. The van der Waals surface area contributed by atoms with Gasteiger partial charge in [0.15, 0.2) is 0 Å². The highest BCUT2D eigenvalue weighted by Gasteiger charge is 2.29. The number of piperidine rings is 1. The number of amides is 1. The summed E-state index contributed by atoms with van der Waals surface area (Å²) < 4.78 is 0. The van der Waals surface area contributed by atoms with E-state index < -0.39 is 5.60 Å². The van der Waals surface area contributed by atoms with E-state index in [0.717, 1.165) is 24.9 Å². The molecule has 0 saturated carbocycles. The van der Waals surface area contributed by atoms with Gasteiger partial charge in [0.05, 0.1) is 5.60 Å². The third kappa shape index (κ3) is 3.70. The third-order valence-corrected chi connectivity index (χ3v) is 3.82. The van der Waals surface area contributed by atoms with E-state index in [4.69, 9.17) is 0 Å². The number of carbonyl (C=O) groups is 1. The van der Waals surface area contributed by atoms with Gasteiger partial charge in [-0.15, -0.1) is 0 Å². The molecule has 1 unspecified atom stereocenters. The average molecular weight is 273 g/mol. The van der Waals surface area contributed by atoms with Crippen LogP contribution >= 0.6 is 0 Å². The average Bonchev–Trinajstić information content (AvgIpc) is 2.36. The molecule has 0 bridgehead atoms. The molecule has 1 aliphatic heterocycles. The van der Waals surface area contributed by atoms with Crippen molar-refractivity contribution in [2.24, 2.45) is 0 Å². The number of hydrogen-bond acceptors (Lipinski definition) is 2. The van der Waals surface area contributed by atoms with Crippen LogP contribution in [0.25, 0.3) is 6.08 Å². The number of β-amino-alcohol motifs (C(OH)–C–C–N with tert-alkyl or cyclic N) is 1. The van der Waals surface area contributed by atoms with Gasteiger partial charge in [-0.2, -0.15) is 0 Å². The number of nitrogens with zero attached hydrogens (tertiary/aromatic N) is 1. The predicted octanol–water partition coefficient (Wildman–Crippen LogP) is 2.69. The molecule has 3 nitrogen and oxygen atoms in total.